The van der Waals surface area contributed by atoms with Crippen LogP contribution in [0.2, 0.25) is 0 Å². The summed E-state index contributed by atoms with van der Waals surface area (Å²) >= 11 is 5.02. The fourth-order valence-corrected chi connectivity index (χ4v) is 3.29. The van der Waals surface area contributed by atoms with Gasteiger partial charge in [0.15, 0.2) is 5.78 Å². The van der Waals surface area contributed by atoms with E-state index in [9.17, 15) is 4.79 Å². The molecule has 1 aromatic heterocycles. The highest BCUT2D eigenvalue weighted by Gasteiger charge is 2.15. The summed E-state index contributed by atoms with van der Waals surface area (Å²) in [5.74, 6) is 0.513. The van der Waals surface area contributed by atoms with Gasteiger partial charge >= 0.3 is 0 Å². The topological polar surface area (TPSA) is 43.1 Å². The highest BCUT2D eigenvalue weighted by Crippen LogP contribution is 2.35. The van der Waals surface area contributed by atoms with Crippen LogP contribution in [-0.4, -0.2) is 12.3 Å². The van der Waals surface area contributed by atoms with Crippen LogP contribution in [-0.2, 0) is 0 Å². The van der Waals surface area contributed by atoms with Gasteiger partial charge in [-0.25, -0.2) is 0 Å². The summed E-state index contributed by atoms with van der Waals surface area (Å²) in [4.78, 5) is 13.4. The van der Waals surface area contributed by atoms with Crippen LogP contribution in [0.25, 0.3) is 0 Å². The Hall–Kier alpha value is -0.190. The van der Waals surface area contributed by atoms with Crippen LogP contribution in [0.3, 0.4) is 0 Å². The van der Waals surface area contributed by atoms with Gasteiger partial charge in [-0.05, 0) is 34.3 Å². The van der Waals surface area contributed by atoms with Gasteiger partial charge in [-0.1, -0.05) is 13.8 Å². The first-order chi connectivity index (χ1) is 6.60. The molecule has 0 spiro atoms. The van der Waals surface area contributed by atoms with Gasteiger partial charge in [0.05, 0.1) is 11.4 Å². The maximum absolute atomic E-state index is 11.4. The molecule has 14 heavy (non-hydrogen) atoms. The van der Waals surface area contributed by atoms with Crippen molar-refractivity contribution in [1.82, 2.24) is 0 Å². The van der Waals surface area contributed by atoms with E-state index in [4.69, 9.17) is 5.73 Å². The Bertz CT molecular complexity index is 335. The highest BCUT2D eigenvalue weighted by molar-refractivity contribution is 9.10. The van der Waals surface area contributed by atoms with E-state index < -0.39 is 0 Å². The van der Waals surface area contributed by atoms with Crippen LogP contribution in [0.1, 0.15) is 40.7 Å². The quantitative estimate of drug-likeness (QED) is 0.858. The number of hydrogen-bond acceptors (Lipinski definition) is 3. The number of Topliss-reactive ketones (excluding diaryl/α,β-unsaturated/α-hetero) is 1. The predicted octanol–water partition coefficient (Wildman–Crippen LogP) is 3.17. The lowest BCUT2D eigenvalue weighted by atomic mass is 10.1. The molecule has 0 amide bonds. The summed E-state index contributed by atoms with van der Waals surface area (Å²) in [6.07, 6.45) is 1.08. The minimum absolute atomic E-state index is 0.0188. The van der Waals surface area contributed by atoms with E-state index in [-0.39, 0.29) is 12.3 Å². The summed E-state index contributed by atoms with van der Waals surface area (Å²) in [5.41, 5.74) is 5.31. The van der Waals surface area contributed by atoms with Crippen molar-refractivity contribution in [2.75, 3.05) is 6.54 Å². The zero-order valence-corrected chi connectivity index (χ0v) is 10.7. The minimum Gasteiger partial charge on any atom is -0.324 e. The molecule has 1 aromatic rings. The molecule has 2 nitrogen and oxygen atoms in total. The van der Waals surface area contributed by atoms with Gasteiger partial charge in [0, 0.05) is 9.35 Å². The highest BCUT2D eigenvalue weighted by atomic mass is 79.9. The summed E-state index contributed by atoms with van der Waals surface area (Å²) in [5, 5.41) is 0. The molecule has 2 N–H and O–H groups in total. The van der Waals surface area contributed by atoms with Crippen molar-refractivity contribution in [1.29, 1.82) is 0 Å². The van der Waals surface area contributed by atoms with E-state index in [1.807, 2.05) is 6.07 Å². The van der Waals surface area contributed by atoms with Gasteiger partial charge in [0.25, 0.3) is 0 Å². The summed E-state index contributed by atoms with van der Waals surface area (Å²) in [6.45, 7) is 4.39. The molecular formula is C10H14BrNOS. The fourth-order valence-electron chi connectivity index (χ4n) is 1.14. The molecule has 0 aliphatic carbocycles. The van der Waals surface area contributed by atoms with Crippen LogP contribution in [0.5, 0.6) is 0 Å². The third kappa shape index (κ3) is 2.43. The maximum Gasteiger partial charge on any atom is 0.186 e. The van der Waals surface area contributed by atoms with Gasteiger partial charge in [-0.3, -0.25) is 4.79 Å². The van der Waals surface area contributed by atoms with Crippen LogP contribution in [0, 0.1) is 0 Å². The van der Waals surface area contributed by atoms with E-state index >= 15 is 0 Å². The predicted molar refractivity (Wildman–Crippen MR) is 64.1 cm³/mol. The standard InChI is InChI=1S/C10H14BrNOS/c1-3-6(2)10-7(11)4-9(14-10)8(13)5-12/h4,6H,3,5,12H2,1-2H3. The van der Waals surface area contributed by atoms with Crippen molar-refractivity contribution in [2.24, 2.45) is 5.73 Å². The molecule has 78 valence electrons. The third-order valence-electron chi connectivity index (χ3n) is 2.23. The van der Waals surface area contributed by atoms with Gasteiger partial charge in [-0.15, -0.1) is 11.3 Å². The van der Waals surface area contributed by atoms with E-state index in [0.29, 0.717) is 5.92 Å². The largest absolute Gasteiger partial charge is 0.324 e. The minimum atomic E-state index is 0.0188. The first-order valence-electron chi connectivity index (χ1n) is 4.62. The molecule has 1 atom stereocenters. The molecule has 0 saturated carbocycles. The van der Waals surface area contributed by atoms with Crippen LogP contribution < -0.4 is 5.73 Å². The molecule has 0 aliphatic heterocycles. The summed E-state index contributed by atoms with van der Waals surface area (Å²) < 4.78 is 1.04. The number of thiophene rings is 1. The first kappa shape index (κ1) is 11.9. The van der Waals surface area contributed by atoms with Crippen LogP contribution >= 0.6 is 27.3 Å². The first-order valence-corrected chi connectivity index (χ1v) is 6.23. The molecule has 0 bridgehead atoms. The van der Waals surface area contributed by atoms with E-state index in [2.05, 4.69) is 29.8 Å². The van der Waals surface area contributed by atoms with Crippen LogP contribution in [0.4, 0.5) is 0 Å². The van der Waals surface area contributed by atoms with Crippen molar-refractivity contribution in [3.8, 4) is 0 Å². The van der Waals surface area contributed by atoms with Crippen molar-refractivity contribution >= 4 is 33.0 Å². The molecular weight excluding hydrogens is 262 g/mol. The molecule has 0 aromatic carbocycles. The number of ketones is 1. The molecule has 0 aliphatic rings. The van der Waals surface area contributed by atoms with E-state index in [1.165, 1.54) is 4.88 Å². The second-order valence-electron chi connectivity index (χ2n) is 3.26. The molecule has 1 heterocycles. The fraction of sp³-hybridized carbons (Fsp3) is 0.500. The molecule has 1 rings (SSSR count). The lowest BCUT2D eigenvalue weighted by Gasteiger charge is -2.05. The Kier molecular flexibility index (Phi) is 4.29. The smallest absolute Gasteiger partial charge is 0.186 e. The lowest BCUT2D eigenvalue weighted by Crippen LogP contribution is -2.11. The van der Waals surface area contributed by atoms with Gasteiger partial charge in [0.1, 0.15) is 0 Å². The van der Waals surface area contributed by atoms with Crippen LogP contribution in [0.15, 0.2) is 10.5 Å². The van der Waals surface area contributed by atoms with Crippen molar-refractivity contribution in [3.05, 3.63) is 20.3 Å². The number of carbonyl (C=O) groups excluding carboxylic acids is 1. The molecule has 1 unspecified atom stereocenters. The van der Waals surface area contributed by atoms with Gasteiger partial charge < -0.3 is 5.73 Å². The normalized spacial score (nSPS) is 12.9. The summed E-state index contributed by atoms with van der Waals surface area (Å²) in [6, 6.07) is 1.88. The molecule has 4 heteroatoms. The Morgan fingerprint density at radius 1 is 1.71 bits per heavy atom. The van der Waals surface area contributed by atoms with Gasteiger partial charge in [-0.2, -0.15) is 0 Å². The Morgan fingerprint density at radius 2 is 2.36 bits per heavy atom. The average Bonchev–Trinajstić information content (AvgIpc) is 2.58. The number of nitrogens with two attached hydrogens (primary N) is 1. The maximum atomic E-state index is 11.4. The number of hydrogen-bond donors (Lipinski definition) is 1. The molecule has 0 saturated heterocycles. The zero-order chi connectivity index (χ0) is 10.7. The Morgan fingerprint density at radius 3 is 2.86 bits per heavy atom. The third-order valence-corrected chi connectivity index (χ3v) is 4.56. The van der Waals surface area contributed by atoms with E-state index in [1.54, 1.807) is 11.3 Å². The lowest BCUT2D eigenvalue weighted by molar-refractivity contribution is 0.100. The second-order valence-corrected chi connectivity index (χ2v) is 5.20. The number of halogens is 1. The number of rotatable bonds is 4. The SMILES string of the molecule is CCC(C)c1sc(C(=O)CN)cc1Br. The van der Waals surface area contributed by atoms with Crippen molar-refractivity contribution in [3.63, 3.8) is 0 Å². The monoisotopic (exact) mass is 275 g/mol. The molecule has 0 fully saturated rings. The van der Waals surface area contributed by atoms with Gasteiger partial charge in [0.2, 0.25) is 0 Å². The second kappa shape index (κ2) is 5.05. The Labute approximate surface area is 96.6 Å². The van der Waals surface area contributed by atoms with Crippen molar-refractivity contribution in [2.45, 2.75) is 26.2 Å². The number of carbonyl (C=O) groups is 1. The average molecular weight is 276 g/mol. The Balaban J connectivity index is 2.98. The van der Waals surface area contributed by atoms with Crippen molar-refractivity contribution < 1.29 is 4.79 Å². The van der Waals surface area contributed by atoms with E-state index in [0.717, 1.165) is 15.8 Å². The molecule has 0 radical (unpaired) electrons. The zero-order valence-electron chi connectivity index (χ0n) is 8.34. The summed E-state index contributed by atoms with van der Waals surface area (Å²) in [7, 11) is 0.